The van der Waals surface area contributed by atoms with Gasteiger partial charge >= 0.3 is 6.36 Å². The number of fused-ring (bicyclic) bond motifs is 1. The number of carbonyl (C=O) groups is 1. The summed E-state index contributed by atoms with van der Waals surface area (Å²) in [6, 6.07) is 14.4. The molecule has 32 heavy (non-hydrogen) atoms. The molecule has 164 valence electrons. The Hall–Kier alpha value is -3.59. The van der Waals surface area contributed by atoms with Gasteiger partial charge in [-0.2, -0.15) is 0 Å². The van der Waals surface area contributed by atoms with Gasteiger partial charge in [0, 0.05) is 16.8 Å². The molecule has 4 aromatic rings. The van der Waals surface area contributed by atoms with E-state index in [0.29, 0.717) is 27.5 Å². The molecule has 0 unspecified atom stereocenters. The van der Waals surface area contributed by atoms with E-state index in [1.165, 1.54) is 34.9 Å². The molecule has 1 amide bonds. The van der Waals surface area contributed by atoms with Gasteiger partial charge in [-0.05, 0) is 54.1 Å². The van der Waals surface area contributed by atoms with E-state index in [1.54, 1.807) is 24.3 Å². The van der Waals surface area contributed by atoms with Crippen LogP contribution in [0.3, 0.4) is 0 Å². The Kier molecular flexibility index (Phi) is 5.75. The van der Waals surface area contributed by atoms with Crippen molar-refractivity contribution in [3.63, 3.8) is 0 Å². The highest BCUT2D eigenvalue weighted by Gasteiger charge is 2.31. The van der Waals surface area contributed by atoms with Crippen LogP contribution in [0.4, 0.5) is 23.4 Å². The van der Waals surface area contributed by atoms with Crippen molar-refractivity contribution >= 4 is 29.0 Å². The molecule has 2 heterocycles. The number of aromatic nitrogens is 2. The molecule has 5 nitrogen and oxygen atoms in total. The van der Waals surface area contributed by atoms with Gasteiger partial charge in [0.15, 0.2) is 5.82 Å². The second kappa shape index (κ2) is 8.51. The number of pyridine rings is 1. The number of anilines is 1. The maximum atomic E-state index is 13.9. The summed E-state index contributed by atoms with van der Waals surface area (Å²) < 4.78 is 56.5. The molecule has 10 heteroatoms. The van der Waals surface area contributed by atoms with E-state index in [2.05, 4.69) is 15.0 Å². The van der Waals surface area contributed by atoms with Crippen LogP contribution < -0.4 is 10.1 Å². The third kappa shape index (κ3) is 5.00. The first-order valence-electron chi connectivity index (χ1n) is 9.26. The number of rotatable bonds is 5. The Bertz CT molecular complexity index is 1290. The van der Waals surface area contributed by atoms with Gasteiger partial charge < -0.3 is 10.1 Å². The highest BCUT2D eigenvalue weighted by Crippen LogP contribution is 2.32. The van der Waals surface area contributed by atoms with E-state index in [0.717, 1.165) is 12.1 Å². The molecule has 0 saturated carbocycles. The fourth-order valence-corrected chi connectivity index (χ4v) is 3.42. The molecule has 2 aromatic carbocycles. The van der Waals surface area contributed by atoms with Crippen molar-refractivity contribution in [1.82, 2.24) is 9.38 Å². The normalized spacial score (nSPS) is 11.5. The lowest BCUT2D eigenvalue weighted by Crippen LogP contribution is -2.17. The third-order valence-corrected chi connectivity index (χ3v) is 4.69. The van der Waals surface area contributed by atoms with Gasteiger partial charge in [-0.25, -0.2) is 9.37 Å². The van der Waals surface area contributed by atoms with Crippen LogP contribution in [0.5, 0.6) is 5.75 Å². The fraction of sp³-hybridized carbons (Fsp3) is 0.0909. The largest absolute Gasteiger partial charge is 0.573 e. The summed E-state index contributed by atoms with van der Waals surface area (Å²) in [5, 5.41) is 3.18. The van der Waals surface area contributed by atoms with Crippen LogP contribution in [0.25, 0.3) is 16.9 Å². The number of nitrogens with one attached hydrogen (secondary N) is 1. The smallest absolute Gasteiger partial charge is 0.406 e. The van der Waals surface area contributed by atoms with Crippen LogP contribution in [-0.4, -0.2) is 21.7 Å². The van der Waals surface area contributed by atoms with E-state index in [-0.39, 0.29) is 12.2 Å². The Labute approximate surface area is 184 Å². The van der Waals surface area contributed by atoms with Crippen molar-refractivity contribution in [2.75, 3.05) is 5.32 Å². The Morgan fingerprint density at radius 2 is 1.84 bits per heavy atom. The molecule has 0 aliphatic rings. The highest BCUT2D eigenvalue weighted by atomic mass is 35.5. The van der Waals surface area contributed by atoms with Crippen molar-refractivity contribution in [2.45, 2.75) is 12.8 Å². The van der Waals surface area contributed by atoms with Crippen LogP contribution in [0.1, 0.15) is 5.56 Å². The summed E-state index contributed by atoms with van der Waals surface area (Å²) in [4.78, 5) is 16.9. The van der Waals surface area contributed by atoms with Gasteiger partial charge in [0.25, 0.3) is 0 Å². The second-order valence-electron chi connectivity index (χ2n) is 6.81. The second-order valence-corrected chi connectivity index (χ2v) is 7.25. The standard InChI is InChI=1S/C22H14ClF4N3O2/c23-15-3-1-2-13(10-15)11-19(31)29-21-20(30-12-16(24)6-9-18(30)28-21)14-4-7-17(8-5-14)32-22(25,26)27/h1-10,12H,11H2,(H,29,31). The number of hydrogen-bond acceptors (Lipinski definition) is 3. The minimum absolute atomic E-state index is 0.0145. The van der Waals surface area contributed by atoms with Crippen LogP contribution in [0.15, 0.2) is 66.9 Å². The predicted molar refractivity (Wildman–Crippen MR) is 111 cm³/mol. The summed E-state index contributed by atoms with van der Waals surface area (Å²) in [7, 11) is 0. The lowest BCUT2D eigenvalue weighted by molar-refractivity contribution is -0.274. The van der Waals surface area contributed by atoms with Gasteiger partial charge in [0.05, 0.1) is 12.1 Å². The Morgan fingerprint density at radius 3 is 2.53 bits per heavy atom. The quantitative estimate of drug-likeness (QED) is 0.376. The summed E-state index contributed by atoms with van der Waals surface area (Å²) in [6.07, 6.45) is -3.64. The Morgan fingerprint density at radius 1 is 1.09 bits per heavy atom. The summed E-state index contributed by atoms with van der Waals surface area (Å²) in [5.41, 5.74) is 1.73. The van der Waals surface area contributed by atoms with Crippen molar-refractivity contribution in [3.8, 4) is 17.0 Å². The molecule has 1 N–H and O–H groups in total. The molecule has 0 aliphatic heterocycles. The van der Waals surface area contributed by atoms with E-state index in [9.17, 15) is 22.4 Å². The SMILES string of the molecule is O=C(Cc1cccc(Cl)c1)Nc1nc2ccc(F)cn2c1-c1ccc(OC(F)(F)F)cc1. The third-order valence-electron chi connectivity index (χ3n) is 4.46. The zero-order valence-electron chi connectivity index (χ0n) is 16.2. The zero-order chi connectivity index (χ0) is 22.9. The zero-order valence-corrected chi connectivity index (χ0v) is 16.9. The van der Waals surface area contributed by atoms with E-state index < -0.39 is 23.8 Å². The molecule has 0 fully saturated rings. The van der Waals surface area contributed by atoms with Crippen molar-refractivity contribution in [1.29, 1.82) is 0 Å². The molecule has 0 aliphatic carbocycles. The summed E-state index contributed by atoms with van der Waals surface area (Å²) in [5.74, 6) is -1.22. The predicted octanol–water partition coefficient (Wildman–Crippen LogP) is 5.87. The van der Waals surface area contributed by atoms with E-state index in [4.69, 9.17) is 11.6 Å². The number of nitrogens with zero attached hydrogens (tertiary/aromatic N) is 2. The highest BCUT2D eigenvalue weighted by molar-refractivity contribution is 6.30. The van der Waals surface area contributed by atoms with Crippen LogP contribution in [0.2, 0.25) is 5.02 Å². The van der Waals surface area contributed by atoms with Crippen molar-refractivity contribution in [3.05, 3.63) is 83.3 Å². The number of amides is 1. The first-order valence-corrected chi connectivity index (χ1v) is 9.64. The topological polar surface area (TPSA) is 55.6 Å². The lowest BCUT2D eigenvalue weighted by Gasteiger charge is -2.10. The van der Waals surface area contributed by atoms with E-state index in [1.807, 2.05) is 0 Å². The fourth-order valence-electron chi connectivity index (χ4n) is 3.20. The minimum atomic E-state index is -4.83. The number of ether oxygens (including phenoxy) is 1. The van der Waals surface area contributed by atoms with Crippen LogP contribution in [-0.2, 0) is 11.2 Å². The molecular weight excluding hydrogens is 450 g/mol. The maximum absolute atomic E-state index is 13.9. The lowest BCUT2D eigenvalue weighted by atomic mass is 10.1. The van der Waals surface area contributed by atoms with Crippen molar-refractivity contribution < 1.29 is 27.1 Å². The molecule has 2 aromatic heterocycles. The number of hydrogen-bond donors (Lipinski definition) is 1. The molecule has 0 saturated heterocycles. The number of carbonyl (C=O) groups excluding carboxylic acids is 1. The van der Waals surface area contributed by atoms with E-state index >= 15 is 0 Å². The van der Waals surface area contributed by atoms with Gasteiger partial charge in [-0.1, -0.05) is 23.7 Å². The molecule has 0 atom stereocenters. The average molecular weight is 464 g/mol. The first kappa shape index (κ1) is 21.6. The minimum Gasteiger partial charge on any atom is -0.406 e. The molecule has 0 spiro atoms. The summed E-state index contributed by atoms with van der Waals surface area (Å²) in [6.45, 7) is 0. The number of imidazole rings is 1. The molecule has 0 bridgehead atoms. The van der Waals surface area contributed by atoms with Gasteiger partial charge in [-0.15, -0.1) is 13.2 Å². The average Bonchev–Trinajstić information content (AvgIpc) is 3.04. The van der Waals surface area contributed by atoms with Gasteiger partial charge in [-0.3, -0.25) is 9.20 Å². The number of alkyl halides is 3. The summed E-state index contributed by atoms with van der Waals surface area (Å²) >= 11 is 5.95. The maximum Gasteiger partial charge on any atom is 0.573 e. The van der Waals surface area contributed by atoms with Crippen LogP contribution in [0, 0.1) is 5.82 Å². The van der Waals surface area contributed by atoms with Gasteiger partial charge in [0.1, 0.15) is 17.2 Å². The van der Waals surface area contributed by atoms with Crippen LogP contribution >= 0.6 is 11.6 Å². The number of benzene rings is 2. The number of halogens is 5. The molecular formula is C22H14ClF4N3O2. The monoisotopic (exact) mass is 463 g/mol. The molecule has 4 rings (SSSR count). The molecule has 0 radical (unpaired) electrons. The van der Waals surface area contributed by atoms with Crippen molar-refractivity contribution in [2.24, 2.45) is 0 Å². The van der Waals surface area contributed by atoms with Gasteiger partial charge in [0.2, 0.25) is 5.91 Å². The first-order chi connectivity index (χ1) is 15.2. The Balaban J connectivity index is 1.68.